The second-order valence-corrected chi connectivity index (χ2v) is 4.24. The van der Waals surface area contributed by atoms with Crippen molar-refractivity contribution in [2.45, 2.75) is 39.0 Å². The van der Waals surface area contributed by atoms with E-state index in [1.807, 2.05) is 18.7 Å². The molecule has 1 heterocycles. The zero-order valence-electron chi connectivity index (χ0n) is 9.90. The summed E-state index contributed by atoms with van der Waals surface area (Å²) in [6.45, 7) is 7.03. The molecule has 0 aromatic carbocycles. The predicted molar refractivity (Wildman–Crippen MR) is 58.8 cm³/mol. The molecule has 0 aromatic rings. The van der Waals surface area contributed by atoms with Crippen molar-refractivity contribution in [2.24, 2.45) is 5.73 Å². The molecule has 92 valence electrons. The van der Waals surface area contributed by atoms with E-state index in [-0.39, 0.29) is 24.2 Å². The molecule has 0 aliphatic carbocycles. The lowest BCUT2D eigenvalue weighted by atomic mass is 10.1. The topological polar surface area (TPSA) is 84.7 Å². The number of nitrogens with two attached hydrogens (primary N) is 1. The van der Waals surface area contributed by atoms with Crippen LogP contribution in [0.2, 0.25) is 0 Å². The number of hydrogen-bond donors (Lipinski definition) is 2. The van der Waals surface area contributed by atoms with Crippen molar-refractivity contribution in [1.29, 1.82) is 0 Å². The van der Waals surface area contributed by atoms with Crippen molar-refractivity contribution in [3.05, 3.63) is 0 Å². The van der Waals surface area contributed by atoms with Gasteiger partial charge in [-0.15, -0.1) is 0 Å². The summed E-state index contributed by atoms with van der Waals surface area (Å²) >= 11 is 0. The number of imide groups is 1. The standard InChI is InChI=1S/C10H19N3O3/c1-6-4-13(5-7(2)16-6)8(3)9(14)12-10(11)15/h6-8H,4-5H2,1-3H3,(H3,11,12,14,15)/t6-,7+,8-/m0/s1. The first-order valence-electron chi connectivity index (χ1n) is 5.40. The van der Waals surface area contributed by atoms with Crippen LogP contribution in [0.1, 0.15) is 20.8 Å². The molecular formula is C10H19N3O3. The Balaban J connectivity index is 2.55. The normalized spacial score (nSPS) is 28.4. The van der Waals surface area contributed by atoms with Crippen LogP contribution in [0.4, 0.5) is 4.79 Å². The number of carbonyl (C=O) groups excluding carboxylic acids is 2. The van der Waals surface area contributed by atoms with Gasteiger partial charge >= 0.3 is 6.03 Å². The molecule has 0 bridgehead atoms. The van der Waals surface area contributed by atoms with Gasteiger partial charge in [-0.1, -0.05) is 0 Å². The monoisotopic (exact) mass is 229 g/mol. The van der Waals surface area contributed by atoms with Gasteiger partial charge in [0.2, 0.25) is 5.91 Å². The maximum atomic E-state index is 11.6. The number of hydrogen-bond acceptors (Lipinski definition) is 4. The Kier molecular flexibility index (Phi) is 4.26. The first-order chi connectivity index (χ1) is 7.40. The molecule has 0 aromatic heterocycles. The molecule has 1 saturated heterocycles. The van der Waals surface area contributed by atoms with E-state index < -0.39 is 6.03 Å². The van der Waals surface area contributed by atoms with Crippen LogP contribution >= 0.6 is 0 Å². The molecular weight excluding hydrogens is 210 g/mol. The number of urea groups is 1. The van der Waals surface area contributed by atoms with Gasteiger partial charge in [0.25, 0.3) is 0 Å². The van der Waals surface area contributed by atoms with E-state index in [9.17, 15) is 9.59 Å². The fraction of sp³-hybridized carbons (Fsp3) is 0.800. The number of primary amides is 1. The Labute approximate surface area is 95.1 Å². The average molecular weight is 229 g/mol. The summed E-state index contributed by atoms with van der Waals surface area (Å²) in [6, 6.07) is -1.19. The van der Waals surface area contributed by atoms with Gasteiger partial charge in [0.15, 0.2) is 0 Å². The summed E-state index contributed by atoms with van der Waals surface area (Å²) < 4.78 is 5.56. The average Bonchev–Trinajstić information content (AvgIpc) is 2.13. The lowest BCUT2D eigenvalue weighted by Crippen LogP contribution is -2.55. The van der Waals surface area contributed by atoms with Gasteiger partial charge < -0.3 is 10.5 Å². The van der Waals surface area contributed by atoms with Gasteiger partial charge in [-0.25, -0.2) is 4.79 Å². The zero-order chi connectivity index (χ0) is 12.3. The molecule has 1 rings (SSSR count). The molecule has 16 heavy (non-hydrogen) atoms. The number of carbonyl (C=O) groups is 2. The summed E-state index contributed by atoms with van der Waals surface area (Å²) in [5.41, 5.74) is 4.90. The second-order valence-electron chi connectivity index (χ2n) is 4.24. The van der Waals surface area contributed by atoms with E-state index >= 15 is 0 Å². The summed E-state index contributed by atoms with van der Waals surface area (Å²) in [5.74, 6) is -0.367. The SMILES string of the molecule is C[C@@H]1CN([C@@H](C)C(=O)NC(N)=O)C[C@H](C)O1. The van der Waals surface area contributed by atoms with Gasteiger partial charge in [-0.3, -0.25) is 15.0 Å². The van der Waals surface area contributed by atoms with E-state index in [2.05, 4.69) is 5.32 Å². The number of rotatable bonds is 2. The van der Waals surface area contributed by atoms with Gasteiger partial charge in [0.05, 0.1) is 18.2 Å². The van der Waals surface area contributed by atoms with Crippen molar-refractivity contribution in [2.75, 3.05) is 13.1 Å². The minimum atomic E-state index is -0.814. The number of ether oxygens (including phenoxy) is 1. The highest BCUT2D eigenvalue weighted by molar-refractivity contribution is 5.96. The second kappa shape index (κ2) is 5.27. The third-order valence-corrected chi connectivity index (χ3v) is 2.62. The van der Waals surface area contributed by atoms with Crippen LogP contribution in [-0.4, -0.2) is 48.2 Å². The third kappa shape index (κ3) is 3.46. The van der Waals surface area contributed by atoms with Crippen molar-refractivity contribution in [3.63, 3.8) is 0 Å². The van der Waals surface area contributed by atoms with Gasteiger partial charge in [-0.2, -0.15) is 0 Å². The third-order valence-electron chi connectivity index (χ3n) is 2.62. The van der Waals surface area contributed by atoms with Crippen LogP contribution in [0.5, 0.6) is 0 Å². The van der Waals surface area contributed by atoms with Crippen LogP contribution in [0.15, 0.2) is 0 Å². The smallest absolute Gasteiger partial charge is 0.318 e. The first-order valence-corrected chi connectivity index (χ1v) is 5.40. The van der Waals surface area contributed by atoms with Crippen LogP contribution in [0, 0.1) is 0 Å². The Morgan fingerprint density at radius 3 is 2.31 bits per heavy atom. The summed E-state index contributed by atoms with van der Waals surface area (Å²) in [7, 11) is 0. The molecule has 0 unspecified atom stereocenters. The van der Waals surface area contributed by atoms with Crippen LogP contribution in [0.3, 0.4) is 0 Å². The van der Waals surface area contributed by atoms with E-state index in [1.165, 1.54) is 0 Å². The predicted octanol–water partition coefficient (Wildman–Crippen LogP) is -0.321. The number of nitrogens with zero attached hydrogens (tertiary/aromatic N) is 1. The zero-order valence-corrected chi connectivity index (χ0v) is 9.90. The van der Waals surface area contributed by atoms with E-state index in [1.54, 1.807) is 6.92 Å². The number of nitrogens with one attached hydrogen (secondary N) is 1. The van der Waals surface area contributed by atoms with Crippen molar-refractivity contribution < 1.29 is 14.3 Å². The Morgan fingerprint density at radius 1 is 1.38 bits per heavy atom. The van der Waals surface area contributed by atoms with E-state index in [0.717, 1.165) is 0 Å². The summed E-state index contributed by atoms with van der Waals surface area (Å²) in [4.78, 5) is 24.1. The van der Waals surface area contributed by atoms with Crippen LogP contribution in [-0.2, 0) is 9.53 Å². The molecule has 6 nitrogen and oxygen atoms in total. The maximum absolute atomic E-state index is 11.6. The lowest BCUT2D eigenvalue weighted by Gasteiger charge is -2.38. The number of amides is 3. The fourth-order valence-electron chi connectivity index (χ4n) is 1.93. The van der Waals surface area contributed by atoms with E-state index in [4.69, 9.17) is 10.5 Å². The Morgan fingerprint density at radius 2 is 1.88 bits per heavy atom. The van der Waals surface area contributed by atoms with Gasteiger partial charge in [0, 0.05) is 13.1 Å². The largest absolute Gasteiger partial charge is 0.373 e. The summed E-state index contributed by atoms with van der Waals surface area (Å²) in [5, 5.41) is 2.09. The highest BCUT2D eigenvalue weighted by Crippen LogP contribution is 2.13. The lowest BCUT2D eigenvalue weighted by molar-refractivity contribution is -0.130. The first kappa shape index (κ1) is 12.9. The molecule has 3 atom stereocenters. The Bertz CT molecular complexity index is 272. The molecule has 0 radical (unpaired) electrons. The van der Waals surface area contributed by atoms with Crippen molar-refractivity contribution >= 4 is 11.9 Å². The van der Waals surface area contributed by atoms with Crippen LogP contribution < -0.4 is 11.1 Å². The number of morpholine rings is 1. The molecule has 6 heteroatoms. The molecule has 3 N–H and O–H groups in total. The van der Waals surface area contributed by atoms with Crippen LogP contribution in [0.25, 0.3) is 0 Å². The highest BCUT2D eigenvalue weighted by Gasteiger charge is 2.29. The fourth-order valence-corrected chi connectivity index (χ4v) is 1.93. The molecule has 0 saturated carbocycles. The molecule has 1 fully saturated rings. The molecule has 1 aliphatic heterocycles. The molecule has 3 amide bonds. The van der Waals surface area contributed by atoms with Crippen molar-refractivity contribution in [3.8, 4) is 0 Å². The molecule has 0 spiro atoms. The summed E-state index contributed by atoms with van der Waals surface area (Å²) in [6.07, 6.45) is 0.181. The molecule has 1 aliphatic rings. The maximum Gasteiger partial charge on any atom is 0.318 e. The Hall–Kier alpha value is -1.14. The minimum Gasteiger partial charge on any atom is -0.373 e. The van der Waals surface area contributed by atoms with Crippen molar-refractivity contribution in [1.82, 2.24) is 10.2 Å². The van der Waals surface area contributed by atoms with E-state index in [0.29, 0.717) is 13.1 Å². The minimum absolute atomic E-state index is 0.0904. The van der Waals surface area contributed by atoms with Gasteiger partial charge in [-0.05, 0) is 20.8 Å². The van der Waals surface area contributed by atoms with Gasteiger partial charge in [0.1, 0.15) is 0 Å². The highest BCUT2D eigenvalue weighted by atomic mass is 16.5. The quantitative estimate of drug-likeness (QED) is 0.679.